The van der Waals surface area contributed by atoms with Crippen LogP contribution in [0.5, 0.6) is 5.75 Å². The van der Waals surface area contributed by atoms with Gasteiger partial charge in [0.15, 0.2) is 0 Å². The molecule has 0 spiro atoms. The van der Waals surface area contributed by atoms with E-state index in [0.29, 0.717) is 6.61 Å². The molecule has 4 nitrogen and oxygen atoms in total. The number of benzene rings is 1. The minimum atomic E-state index is -0.117. The van der Waals surface area contributed by atoms with Gasteiger partial charge < -0.3 is 10.1 Å². The van der Waals surface area contributed by atoms with Gasteiger partial charge in [-0.3, -0.25) is 9.69 Å². The fraction of sp³-hybridized carbons (Fsp3) is 0.588. The van der Waals surface area contributed by atoms with E-state index in [4.69, 9.17) is 4.74 Å². The van der Waals surface area contributed by atoms with Gasteiger partial charge in [-0.15, -0.1) is 0 Å². The lowest BCUT2D eigenvalue weighted by Gasteiger charge is -2.26. The van der Waals surface area contributed by atoms with Gasteiger partial charge in [-0.1, -0.05) is 20.3 Å². The van der Waals surface area contributed by atoms with E-state index in [1.807, 2.05) is 38.1 Å². The Balaban J connectivity index is 2.57. The van der Waals surface area contributed by atoms with E-state index in [1.165, 1.54) is 0 Å². The van der Waals surface area contributed by atoms with E-state index in [9.17, 15) is 4.79 Å². The van der Waals surface area contributed by atoms with Crippen molar-refractivity contribution in [3.8, 4) is 5.75 Å². The number of ether oxygens (including phenoxy) is 1. The molecular formula is C17H28N2O2. The van der Waals surface area contributed by atoms with E-state index in [-0.39, 0.29) is 11.9 Å². The van der Waals surface area contributed by atoms with Gasteiger partial charge in [-0.25, -0.2) is 0 Å². The summed E-state index contributed by atoms with van der Waals surface area (Å²) in [5.74, 6) is 0.860. The van der Waals surface area contributed by atoms with Crippen LogP contribution in [0, 0.1) is 0 Å². The number of likely N-dealkylation sites (N-methyl/N-ethyl adjacent to an activating group) is 1. The van der Waals surface area contributed by atoms with Gasteiger partial charge >= 0.3 is 0 Å². The highest BCUT2D eigenvalue weighted by molar-refractivity contribution is 5.94. The Labute approximate surface area is 128 Å². The molecular weight excluding hydrogens is 264 g/mol. The van der Waals surface area contributed by atoms with E-state index < -0.39 is 0 Å². The lowest BCUT2D eigenvalue weighted by atomic mass is 10.2. The average Bonchev–Trinajstić information content (AvgIpc) is 2.50. The molecule has 0 bridgehead atoms. The molecule has 1 rings (SSSR count). The summed E-state index contributed by atoms with van der Waals surface area (Å²) < 4.78 is 5.39. The molecule has 0 aliphatic rings. The zero-order chi connectivity index (χ0) is 15.7. The second kappa shape index (κ2) is 9.40. The first-order valence-electron chi connectivity index (χ1n) is 7.90. The molecule has 1 unspecified atom stereocenters. The van der Waals surface area contributed by atoms with Crippen molar-refractivity contribution in [2.45, 2.75) is 46.6 Å². The van der Waals surface area contributed by atoms with Crippen LogP contribution in [0.3, 0.4) is 0 Å². The maximum atomic E-state index is 12.3. The van der Waals surface area contributed by atoms with Crippen LogP contribution in [0.1, 0.15) is 40.5 Å². The van der Waals surface area contributed by atoms with Crippen LogP contribution in [0.15, 0.2) is 24.3 Å². The molecule has 1 amide bonds. The number of unbranched alkanes of at least 4 members (excludes halogenated alkanes) is 1. The average molecular weight is 292 g/mol. The molecule has 0 saturated heterocycles. The monoisotopic (exact) mass is 292 g/mol. The number of nitrogens with one attached hydrogen (secondary N) is 1. The number of anilines is 1. The zero-order valence-electron chi connectivity index (χ0n) is 13.7. The lowest BCUT2D eigenvalue weighted by Crippen LogP contribution is -2.42. The molecule has 4 heteroatoms. The molecule has 118 valence electrons. The number of hydrogen-bond donors (Lipinski definition) is 1. The highest BCUT2D eigenvalue weighted by Crippen LogP contribution is 2.16. The highest BCUT2D eigenvalue weighted by Gasteiger charge is 2.19. The minimum absolute atomic E-state index is 0.0390. The predicted molar refractivity (Wildman–Crippen MR) is 87.9 cm³/mol. The topological polar surface area (TPSA) is 41.6 Å². The van der Waals surface area contributed by atoms with Gasteiger partial charge in [0.25, 0.3) is 0 Å². The molecule has 0 heterocycles. The third-order valence-electron chi connectivity index (χ3n) is 3.57. The van der Waals surface area contributed by atoms with Crippen LogP contribution in [-0.2, 0) is 4.79 Å². The minimum Gasteiger partial charge on any atom is -0.494 e. The standard InChI is InChI=1S/C17H28N2O2/c1-5-8-13-19(6-2)14(4)17(20)18-15-9-11-16(12-10-15)21-7-3/h9-12,14H,5-8,13H2,1-4H3,(H,18,20). The Kier molecular flexibility index (Phi) is 7.83. The van der Waals surface area contributed by atoms with Crippen molar-refractivity contribution < 1.29 is 9.53 Å². The van der Waals surface area contributed by atoms with Crippen LogP contribution in [0.25, 0.3) is 0 Å². The Morgan fingerprint density at radius 3 is 2.43 bits per heavy atom. The number of carbonyl (C=O) groups is 1. The summed E-state index contributed by atoms with van der Waals surface area (Å²) in [5.41, 5.74) is 0.807. The molecule has 0 aliphatic carbocycles. The van der Waals surface area contributed by atoms with Gasteiger partial charge in [0.2, 0.25) is 5.91 Å². The highest BCUT2D eigenvalue weighted by atomic mass is 16.5. The summed E-state index contributed by atoms with van der Waals surface area (Å²) in [5, 5.41) is 2.97. The number of carbonyl (C=O) groups excluding carboxylic acids is 1. The SMILES string of the molecule is CCCCN(CC)C(C)C(=O)Nc1ccc(OCC)cc1. The first kappa shape index (κ1) is 17.5. The van der Waals surface area contributed by atoms with Crippen molar-refractivity contribution in [1.82, 2.24) is 4.90 Å². The Hall–Kier alpha value is -1.55. The van der Waals surface area contributed by atoms with Crippen molar-refractivity contribution in [3.63, 3.8) is 0 Å². The van der Waals surface area contributed by atoms with E-state index in [1.54, 1.807) is 0 Å². The predicted octanol–water partition coefficient (Wildman–Crippen LogP) is 3.53. The third kappa shape index (κ3) is 5.76. The van der Waals surface area contributed by atoms with E-state index in [2.05, 4.69) is 24.1 Å². The summed E-state index contributed by atoms with van der Waals surface area (Å²) in [7, 11) is 0. The molecule has 0 radical (unpaired) electrons. The lowest BCUT2D eigenvalue weighted by molar-refractivity contribution is -0.120. The smallest absolute Gasteiger partial charge is 0.241 e. The summed E-state index contributed by atoms with van der Waals surface area (Å²) in [6.07, 6.45) is 2.26. The Bertz CT molecular complexity index is 417. The summed E-state index contributed by atoms with van der Waals surface area (Å²) in [4.78, 5) is 14.5. The Morgan fingerprint density at radius 1 is 1.24 bits per heavy atom. The van der Waals surface area contributed by atoms with Crippen LogP contribution in [0.4, 0.5) is 5.69 Å². The normalized spacial score (nSPS) is 12.2. The van der Waals surface area contributed by atoms with Crippen LogP contribution >= 0.6 is 0 Å². The number of nitrogens with zero attached hydrogens (tertiary/aromatic N) is 1. The number of hydrogen-bond acceptors (Lipinski definition) is 3. The molecule has 21 heavy (non-hydrogen) atoms. The summed E-state index contributed by atoms with van der Waals surface area (Å²) in [6.45, 7) is 10.7. The largest absolute Gasteiger partial charge is 0.494 e. The van der Waals surface area contributed by atoms with Crippen molar-refractivity contribution >= 4 is 11.6 Å². The third-order valence-corrected chi connectivity index (χ3v) is 3.57. The second-order valence-corrected chi connectivity index (χ2v) is 5.10. The van der Waals surface area contributed by atoms with Gasteiger partial charge in [0.05, 0.1) is 12.6 Å². The molecule has 0 fully saturated rings. The summed E-state index contributed by atoms with van der Waals surface area (Å²) >= 11 is 0. The number of rotatable bonds is 9. The van der Waals surface area contributed by atoms with Crippen LogP contribution < -0.4 is 10.1 Å². The molecule has 1 aromatic rings. The van der Waals surface area contributed by atoms with Gasteiger partial charge in [0, 0.05) is 5.69 Å². The first-order chi connectivity index (χ1) is 10.1. The molecule has 1 N–H and O–H groups in total. The van der Waals surface area contributed by atoms with Gasteiger partial charge in [-0.05, 0) is 57.6 Å². The zero-order valence-corrected chi connectivity index (χ0v) is 13.7. The van der Waals surface area contributed by atoms with E-state index in [0.717, 1.165) is 37.4 Å². The van der Waals surface area contributed by atoms with Crippen molar-refractivity contribution in [1.29, 1.82) is 0 Å². The number of amides is 1. The van der Waals surface area contributed by atoms with Crippen molar-refractivity contribution in [2.24, 2.45) is 0 Å². The molecule has 1 atom stereocenters. The first-order valence-corrected chi connectivity index (χ1v) is 7.90. The summed E-state index contributed by atoms with van der Waals surface area (Å²) in [6, 6.07) is 7.38. The molecule has 1 aromatic carbocycles. The van der Waals surface area contributed by atoms with Crippen LogP contribution in [-0.4, -0.2) is 36.5 Å². The maximum Gasteiger partial charge on any atom is 0.241 e. The van der Waals surface area contributed by atoms with Crippen LogP contribution in [0.2, 0.25) is 0 Å². The fourth-order valence-electron chi connectivity index (χ4n) is 2.20. The van der Waals surface area contributed by atoms with Crippen molar-refractivity contribution in [2.75, 3.05) is 25.0 Å². The molecule has 0 aromatic heterocycles. The molecule has 0 aliphatic heterocycles. The van der Waals surface area contributed by atoms with Gasteiger partial charge in [-0.2, -0.15) is 0 Å². The maximum absolute atomic E-state index is 12.3. The van der Waals surface area contributed by atoms with Crippen molar-refractivity contribution in [3.05, 3.63) is 24.3 Å². The Morgan fingerprint density at radius 2 is 1.90 bits per heavy atom. The van der Waals surface area contributed by atoms with Gasteiger partial charge in [0.1, 0.15) is 5.75 Å². The fourth-order valence-corrected chi connectivity index (χ4v) is 2.20. The van der Waals surface area contributed by atoms with E-state index >= 15 is 0 Å². The molecule has 0 saturated carbocycles. The second-order valence-electron chi connectivity index (χ2n) is 5.10. The quantitative estimate of drug-likeness (QED) is 0.757.